The van der Waals surface area contributed by atoms with Crippen molar-refractivity contribution in [3.63, 3.8) is 0 Å². The van der Waals surface area contributed by atoms with Crippen LogP contribution in [0.15, 0.2) is 59.5 Å². The molecule has 9 heteroatoms. The van der Waals surface area contributed by atoms with Crippen LogP contribution < -0.4 is 4.74 Å². The van der Waals surface area contributed by atoms with Crippen molar-refractivity contribution in [2.45, 2.75) is 4.90 Å². The minimum atomic E-state index is -3.75. The average Bonchev–Trinajstić information content (AvgIpc) is 3.10. The molecule has 0 saturated heterocycles. The van der Waals surface area contributed by atoms with E-state index >= 15 is 0 Å². The Kier molecular flexibility index (Phi) is 4.68. The molecule has 2 aromatic carbocycles. The number of rotatable bonds is 4. The standard InChI is InChI=1S/C17H11N3O5S/c21-17(22)15-16(19-20-18-15)25-13-6-4-5-12(11-13)9-10-26(23,24)14-7-2-1-3-8-14/h1-8,11H,(H,21,22)(H,18,19,20). The second-order valence-corrected chi connectivity index (χ2v) is 6.65. The molecule has 130 valence electrons. The Balaban J connectivity index is 1.85. The molecule has 0 bridgehead atoms. The van der Waals surface area contributed by atoms with Gasteiger partial charge in [0, 0.05) is 10.8 Å². The largest absolute Gasteiger partial charge is 0.476 e. The van der Waals surface area contributed by atoms with E-state index in [0.717, 1.165) is 0 Å². The van der Waals surface area contributed by atoms with Gasteiger partial charge < -0.3 is 9.84 Å². The van der Waals surface area contributed by atoms with E-state index in [4.69, 9.17) is 9.84 Å². The van der Waals surface area contributed by atoms with Gasteiger partial charge in [-0.25, -0.2) is 18.3 Å². The van der Waals surface area contributed by atoms with Gasteiger partial charge in [-0.3, -0.25) is 0 Å². The predicted molar refractivity (Wildman–Crippen MR) is 90.4 cm³/mol. The molecule has 0 fully saturated rings. The number of H-pyrrole nitrogens is 1. The summed E-state index contributed by atoms with van der Waals surface area (Å²) in [6.07, 6.45) is 0. The molecule has 8 nitrogen and oxygen atoms in total. The molecule has 1 aromatic heterocycles. The lowest BCUT2D eigenvalue weighted by Crippen LogP contribution is -1.99. The lowest BCUT2D eigenvalue weighted by molar-refractivity contribution is 0.0687. The van der Waals surface area contributed by atoms with Gasteiger partial charge in [0.05, 0.1) is 4.90 Å². The summed E-state index contributed by atoms with van der Waals surface area (Å²) < 4.78 is 29.7. The Bertz CT molecular complexity index is 1110. The highest BCUT2D eigenvalue weighted by atomic mass is 32.2. The molecule has 0 atom stereocenters. The number of aromatic amines is 1. The van der Waals surface area contributed by atoms with Crippen LogP contribution in [0.2, 0.25) is 0 Å². The molecule has 0 spiro atoms. The van der Waals surface area contributed by atoms with Crippen LogP contribution in [0.25, 0.3) is 0 Å². The van der Waals surface area contributed by atoms with Crippen molar-refractivity contribution in [2.24, 2.45) is 0 Å². The summed E-state index contributed by atoms with van der Waals surface area (Å²) in [7, 11) is -3.75. The summed E-state index contributed by atoms with van der Waals surface area (Å²) in [5.74, 6) is 1.39. The van der Waals surface area contributed by atoms with Crippen molar-refractivity contribution < 1.29 is 23.1 Å². The van der Waals surface area contributed by atoms with Gasteiger partial charge in [0.2, 0.25) is 15.5 Å². The minimum Gasteiger partial charge on any atom is -0.476 e. The fourth-order valence-electron chi connectivity index (χ4n) is 1.97. The summed E-state index contributed by atoms with van der Waals surface area (Å²) in [5, 5.41) is 20.3. The topological polar surface area (TPSA) is 122 Å². The summed E-state index contributed by atoms with van der Waals surface area (Å²) in [4.78, 5) is 11.1. The number of aromatic carboxylic acids is 1. The van der Waals surface area contributed by atoms with Crippen LogP contribution in [0.1, 0.15) is 16.1 Å². The van der Waals surface area contributed by atoms with Crippen LogP contribution >= 0.6 is 0 Å². The zero-order valence-electron chi connectivity index (χ0n) is 13.1. The molecule has 3 rings (SSSR count). The van der Waals surface area contributed by atoms with Gasteiger partial charge in [0.15, 0.2) is 0 Å². The van der Waals surface area contributed by atoms with Gasteiger partial charge in [0.25, 0.3) is 5.88 Å². The Hall–Kier alpha value is -3.64. The first-order valence-electron chi connectivity index (χ1n) is 7.21. The zero-order valence-corrected chi connectivity index (χ0v) is 13.9. The number of aromatic nitrogens is 3. The van der Waals surface area contributed by atoms with Crippen LogP contribution in [0, 0.1) is 11.2 Å². The summed E-state index contributed by atoms with van der Waals surface area (Å²) >= 11 is 0. The average molecular weight is 369 g/mol. The molecule has 3 aromatic rings. The third-order valence-corrected chi connectivity index (χ3v) is 4.42. The highest BCUT2D eigenvalue weighted by molar-refractivity contribution is 7.96. The Labute approximate surface area is 148 Å². The van der Waals surface area contributed by atoms with Crippen molar-refractivity contribution in [3.05, 3.63) is 65.9 Å². The molecular formula is C17H11N3O5S. The highest BCUT2D eigenvalue weighted by Crippen LogP contribution is 2.22. The first-order valence-corrected chi connectivity index (χ1v) is 8.69. The molecule has 26 heavy (non-hydrogen) atoms. The quantitative estimate of drug-likeness (QED) is 0.675. The van der Waals surface area contributed by atoms with Crippen molar-refractivity contribution >= 4 is 15.8 Å². The van der Waals surface area contributed by atoms with E-state index in [2.05, 4.69) is 26.6 Å². The smallest absolute Gasteiger partial charge is 0.362 e. The lowest BCUT2D eigenvalue weighted by Gasteiger charge is -2.03. The number of ether oxygens (including phenoxy) is 1. The lowest BCUT2D eigenvalue weighted by atomic mass is 10.2. The second kappa shape index (κ2) is 7.08. The van der Waals surface area contributed by atoms with Crippen LogP contribution in [-0.4, -0.2) is 34.9 Å². The number of hydrogen-bond donors (Lipinski definition) is 2. The molecule has 1 heterocycles. The van der Waals surface area contributed by atoms with E-state index in [9.17, 15) is 13.2 Å². The highest BCUT2D eigenvalue weighted by Gasteiger charge is 2.16. The molecule has 0 saturated carbocycles. The number of nitrogens with zero attached hydrogens (tertiary/aromatic N) is 2. The van der Waals surface area contributed by atoms with Gasteiger partial charge in [-0.15, -0.1) is 5.10 Å². The van der Waals surface area contributed by atoms with E-state index in [0.29, 0.717) is 5.56 Å². The first kappa shape index (κ1) is 17.2. The van der Waals surface area contributed by atoms with E-state index in [1.54, 1.807) is 36.4 Å². The second-order valence-electron chi connectivity index (χ2n) is 4.97. The first-order chi connectivity index (χ1) is 12.5. The number of sulfone groups is 1. The molecule has 0 radical (unpaired) electrons. The number of carboxylic acid groups (broad SMARTS) is 1. The van der Waals surface area contributed by atoms with Crippen LogP contribution in [0.5, 0.6) is 11.6 Å². The normalized spacial score (nSPS) is 10.6. The van der Waals surface area contributed by atoms with Gasteiger partial charge in [-0.1, -0.05) is 29.5 Å². The number of hydrogen-bond acceptors (Lipinski definition) is 6. The number of carbonyl (C=O) groups is 1. The van der Waals surface area contributed by atoms with Crippen molar-refractivity contribution in [1.29, 1.82) is 0 Å². The van der Waals surface area contributed by atoms with Crippen LogP contribution in [0.4, 0.5) is 0 Å². The third kappa shape index (κ3) is 3.88. The Morgan fingerprint density at radius 1 is 1.12 bits per heavy atom. The van der Waals surface area contributed by atoms with Crippen LogP contribution in [0.3, 0.4) is 0 Å². The molecule has 0 aliphatic carbocycles. The van der Waals surface area contributed by atoms with Crippen LogP contribution in [-0.2, 0) is 9.84 Å². The van der Waals surface area contributed by atoms with E-state index in [1.165, 1.54) is 18.2 Å². The maximum atomic E-state index is 12.2. The number of benzene rings is 2. The molecule has 0 aliphatic heterocycles. The summed E-state index contributed by atoms with van der Waals surface area (Å²) in [6.45, 7) is 0. The zero-order chi connectivity index (χ0) is 18.6. The molecule has 0 amide bonds. The molecule has 2 N–H and O–H groups in total. The third-order valence-electron chi connectivity index (χ3n) is 3.16. The minimum absolute atomic E-state index is 0.106. The van der Waals surface area contributed by atoms with Crippen molar-refractivity contribution in [1.82, 2.24) is 15.4 Å². The summed E-state index contributed by atoms with van der Waals surface area (Å²) in [6, 6.07) is 14.1. The van der Waals surface area contributed by atoms with E-state index in [-0.39, 0.29) is 22.2 Å². The summed E-state index contributed by atoms with van der Waals surface area (Å²) in [5.41, 5.74) is 0.0134. The van der Waals surface area contributed by atoms with Gasteiger partial charge in [0.1, 0.15) is 5.75 Å². The fraction of sp³-hybridized carbons (Fsp3) is 0. The monoisotopic (exact) mass is 369 g/mol. The predicted octanol–water partition coefficient (Wildman–Crippen LogP) is 2.08. The Morgan fingerprint density at radius 2 is 1.88 bits per heavy atom. The van der Waals surface area contributed by atoms with Crippen molar-refractivity contribution in [3.8, 4) is 22.8 Å². The fourth-order valence-corrected chi connectivity index (χ4v) is 2.86. The van der Waals surface area contributed by atoms with Gasteiger partial charge in [-0.05, 0) is 36.3 Å². The SMILES string of the molecule is O=C(O)c1nn[nH]c1Oc1cccc(C#CS(=O)(=O)c2ccccc2)c1. The Morgan fingerprint density at radius 3 is 2.62 bits per heavy atom. The van der Waals surface area contributed by atoms with Gasteiger partial charge in [-0.2, -0.15) is 0 Å². The van der Waals surface area contributed by atoms with Crippen molar-refractivity contribution in [2.75, 3.05) is 0 Å². The molecular weight excluding hydrogens is 358 g/mol. The number of carboxylic acids is 1. The maximum Gasteiger partial charge on any atom is 0.362 e. The maximum absolute atomic E-state index is 12.2. The van der Waals surface area contributed by atoms with E-state index in [1.807, 2.05) is 0 Å². The molecule has 0 aliphatic rings. The van der Waals surface area contributed by atoms with Gasteiger partial charge >= 0.3 is 5.97 Å². The van der Waals surface area contributed by atoms with E-state index < -0.39 is 15.8 Å². The molecule has 0 unspecified atom stereocenters. The number of nitrogens with one attached hydrogen (secondary N) is 1.